The quantitative estimate of drug-likeness (QED) is 0.922. The molecular weight excluding hydrogens is 283 g/mol. The zero-order chi connectivity index (χ0) is 14.5. The van der Waals surface area contributed by atoms with Crippen LogP contribution in [0, 0.1) is 5.82 Å². The molecule has 1 aromatic carbocycles. The third-order valence-corrected chi connectivity index (χ3v) is 3.58. The first kappa shape index (κ1) is 15.2. The molecule has 0 spiro atoms. The monoisotopic (exact) mass is 300 g/mol. The summed E-state index contributed by atoms with van der Waals surface area (Å²) in [6.45, 7) is 4.73. The summed E-state index contributed by atoms with van der Waals surface area (Å²) >= 11 is 5.72. The van der Waals surface area contributed by atoms with Crippen LogP contribution in [0.2, 0.25) is 5.02 Å². The number of morpholine rings is 1. The van der Waals surface area contributed by atoms with E-state index in [9.17, 15) is 9.18 Å². The topological polar surface area (TPSA) is 41.6 Å². The van der Waals surface area contributed by atoms with Crippen molar-refractivity contribution < 1.29 is 13.9 Å². The molecule has 2 rings (SSSR count). The molecule has 1 heterocycles. The fourth-order valence-electron chi connectivity index (χ4n) is 2.07. The smallest absolute Gasteiger partial charge is 0.239 e. The van der Waals surface area contributed by atoms with Crippen molar-refractivity contribution in [2.75, 3.05) is 26.3 Å². The Morgan fingerprint density at radius 3 is 2.85 bits per heavy atom. The molecule has 20 heavy (non-hydrogen) atoms. The van der Waals surface area contributed by atoms with Crippen LogP contribution in [-0.2, 0) is 16.1 Å². The van der Waals surface area contributed by atoms with Crippen LogP contribution in [0.15, 0.2) is 18.2 Å². The van der Waals surface area contributed by atoms with Crippen LogP contribution in [-0.4, -0.2) is 43.2 Å². The second-order valence-corrected chi connectivity index (χ2v) is 5.20. The first-order valence-corrected chi connectivity index (χ1v) is 6.99. The maximum Gasteiger partial charge on any atom is 0.239 e. The maximum atomic E-state index is 13.0. The molecule has 1 aromatic rings. The number of ether oxygens (including phenoxy) is 1. The number of rotatable bonds is 4. The van der Waals surface area contributed by atoms with E-state index in [0.717, 1.165) is 5.56 Å². The zero-order valence-electron chi connectivity index (χ0n) is 11.4. The number of hydrogen-bond acceptors (Lipinski definition) is 3. The third kappa shape index (κ3) is 3.91. The van der Waals surface area contributed by atoms with Gasteiger partial charge in [-0.25, -0.2) is 4.39 Å². The van der Waals surface area contributed by atoms with E-state index in [0.29, 0.717) is 32.8 Å². The van der Waals surface area contributed by atoms with Gasteiger partial charge < -0.3 is 15.0 Å². The van der Waals surface area contributed by atoms with Gasteiger partial charge in [0, 0.05) is 19.6 Å². The first-order chi connectivity index (χ1) is 9.58. The van der Waals surface area contributed by atoms with E-state index in [1.165, 1.54) is 6.07 Å². The van der Waals surface area contributed by atoms with Crippen LogP contribution in [0.3, 0.4) is 0 Å². The summed E-state index contributed by atoms with van der Waals surface area (Å²) in [4.78, 5) is 14.0. The zero-order valence-corrected chi connectivity index (χ0v) is 12.1. The fraction of sp³-hybridized carbons (Fsp3) is 0.500. The standard InChI is InChI=1S/C14H18ClFN2O2/c1-10(14(19)18-4-6-20-7-5-18)17-9-11-2-3-13(16)12(15)8-11/h2-3,8,10,17H,4-7,9H2,1H3. The van der Waals surface area contributed by atoms with Gasteiger partial charge in [-0.05, 0) is 24.6 Å². The number of nitrogens with zero attached hydrogens (tertiary/aromatic N) is 1. The lowest BCUT2D eigenvalue weighted by Crippen LogP contribution is -2.49. The van der Waals surface area contributed by atoms with Crippen molar-refractivity contribution >= 4 is 17.5 Å². The minimum atomic E-state index is -0.437. The lowest BCUT2D eigenvalue weighted by atomic mass is 10.2. The van der Waals surface area contributed by atoms with Crippen LogP contribution in [0.25, 0.3) is 0 Å². The van der Waals surface area contributed by atoms with Gasteiger partial charge in [-0.2, -0.15) is 0 Å². The van der Waals surface area contributed by atoms with Crippen LogP contribution in [0.4, 0.5) is 4.39 Å². The highest BCUT2D eigenvalue weighted by Gasteiger charge is 2.21. The number of carbonyl (C=O) groups is 1. The second-order valence-electron chi connectivity index (χ2n) is 4.79. The van der Waals surface area contributed by atoms with Crippen LogP contribution in [0.5, 0.6) is 0 Å². The molecule has 0 saturated carbocycles. The lowest BCUT2D eigenvalue weighted by molar-refractivity contribution is -0.137. The van der Waals surface area contributed by atoms with Gasteiger partial charge in [0.2, 0.25) is 5.91 Å². The fourth-order valence-corrected chi connectivity index (χ4v) is 2.27. The van der Waals surface area contributed by atoms with Crippen molar-refractivity contribution in [3.63, 3.8) is 0 Å². The van der Waals surface area contributed by atoms with Gasteiger partial charge in [-0.3, -0.25) is 4.79 Å². The normalized spacial score (nSPS) is 17.1. The van der Waals surface area contributed by atoms with Crippen molar-refractivity contribution in [2.45, 2.75) is 19.5 Å². The summed E-state index contributed by atoms with van der Waals surface area (Å²) in [6.07, 6.45) is 0. The summed E-state index contributed by atoms with van der Waals surface area (Å²) in [7, 11) is 0. The highest BCUT2D eigenvalue weighted by molar-refractivity contribution is 6.30. The van der Waals surface area contributed by atoms with Crippen molar-refractivity contribution in [3.05, 3.63) is 34.6 Å². The molecule has 1 unspecified atom stereocenters. The van der Waals surface area contributed by atoms with E-state index in [4.69, 9.17) is 16.3 Å². The van der Waals surface area contributed by atoms with Crippen molar-refractivity contribution in [2.24, 2.45) is 0 Å². The molecule has 1 fully saturated rings. The summed E-state index contributed by atoms with van der Waals surface area (Å²) < 4.78 is 18.3. The molecule has 1 N–H and O–H groups in total. The van der Waals surface area contributed by atoms with E-state index in [1.54, 1.807) is 17.0 Å². The Labute approximate surface area is 122 Å². The van der Waals surface area contributed by atoms with Crippen LogP contribution < -0.4 is 5.32 Å². The van der Waals surface area contributed by atoms with Gasteiger partial charge in [0.1, 0.15) is 5.82 Å². The summed E-state index contributed by atoms with van der Waals surface area (Å²) in [5.41, 5.74) is 0.845. The Balaban J connectivity index is 1.85. The highest BCUT2D eigenvalue weighted by atomic mass is 35.5. The molecule has 0 aliphatic carbocycles. The third-order valence-electron chi connectivity index (χ3n) is 3.29. The van der Waals surface area contributed by atoms with E-state index >= 15 is 0 Å². The van der Waals surface area contributed by atoms with Crippen molar-refractivity contribution in [1.29, 1.82) is 0 Å². The molecule has 1 aliphatic rings. The van der Waals surface area contributed by atoms with E-state index in [1.807, 2.05) is 6.92 Å². The van der Waals surface area contributed by atoms with Crippen LogP contribution in [0.1, 0.15) is 12.5 Å². The Hall–Kier alpha value is -1.17. The number of halogens is 2. The number of benzene rings is 1. The number of carbonyl (C=O) groups excluding carboxylic acids is 1. The minimum Gasteiger partial charge on any atom is -0.378 e. The Morgan fingerprint density at radius 1 is 1.50 bits per heavy atom. The minimum absolute atomic E-state index is 0.0570. The molecule has 0 radical (unpaired) electrons. The molecule has 1 amide bonds. The van der Waals surface area contributed by atoms with E-state index in [2.05, 4.69) is 5.32 Å². The van der Waals surface area contributed by atoms with E-state index < -0.39 is 5.82 Å². The maximum absolute atomic E-state index is 13.0. The molecule has 1 aliphatic heterocycles. The molecule has 0 bridgehead atoms. The Morgan fingerprint density at radius 2 is 2.20 bits per heavy atom. The van der Waals surface area contributed by atoms with Crippen LogP contribution >= 0.6 is 11.6 Å². The molecule has 1 saturated heterocycles. The van der Waals surface area contributed by atoms with E-state index in [-0.39, 0.29) is 17.0 Å². The molecular formula is C14H18ClFN2O2. The van der Waals surface area contributed by atoms with Gasteiger partial charge in [0.15, 0.2) is 0 Å². The average molecular weight is 301 g/mol. The first-order valence-electron chi connectivity index (χ1n) is 6.62. The largest absolute Gasteiger partial charge is 0.378 e. The highest BCUT2D eigenvalue weighted by Crippen LogP contribution is 2.16. The van der Waals surface area contributed by atoms with Crippen molar-refractivity contribution in [1.82, 2.24) is 10.2 Å². The molecule has 110 valence electrons. The van der Waals surface area contributed by atoms with Crippen molar-refractivity contribution in [3.8, 4) is 0 Å². The number of hydrogen-bond donors (Lipinski definition) is 1. The van der Waals surface area contributed by atoms with Gasteiger partial charge in [-0.15, -0.1) is 0 Å². The van der Waals surface area contributed by atoms with Gasteiger partial charge in [0.25, 0.3) is 0 Å². The summed E-state index contributed by atoms with van der Waals surface area (Å²) in [5, 5.41) is 3.22. The molecule has 4 nitrogen and oxygen atoms in total. The number of amides is 1. The summed E-state index contributed by atoms with van der Waals surface area (Å²) in [5.74, 6) is -0.380. The number of nitrogens with one attached hydrogen (secondary N) is 1. The lowest BCUT2D eigenvalue weighted by Gasteiger charge is -2.29. The summed E-state index contributed by atoms with van der Waals surface area (Å²) in [6, 6.07) is 4.25. The SMILES string of the molecule is CC(NCc1ccc(F)c(Cl)c1)C(=O)N1CCOCC1. The Bertz CT molecular complexity index is 478. The Kier molecular flexibility index (Phi) is 5.34. The second kappa shape index (κ2) is 7.02. The van der Waals surface area contributed by atoms with Gasteiger partial charge >= 0.3 is 0 Å². The molecule has 0 aromatic heterocycles. The van der Waals surface area contributed by atoms with Gasteiger partial charge in [0.05, 0.1) is 24.3 Å². The predicted molar refractivity (Wildman–Crippen MR) is 75.1 cm³/mol. The predicted octanol–water partition coefficient (Wildman–Crippen LogP) is 1.82. The average Bonchev–Trinajstić information content (AvgIpc) is 2.48. The molecule has 1 atom stereocenters. The van der Waals surface area contributed by atoms with Gasteiger partial charge in [-0.1, -0.05) is 17.7 Å². The molecule has 6 heteroatoms.